The van der Waals surface area contributed by atoms with Gasteiger partial charge in [-0.15, -0.1) is 0 Å². The molecular weight excluding hydrogens is 372 g/mol. The number of rotatable bonds is 6. The van der Waals surface area contributed by atoms with Crippen molar-refractivity contribution in [3.8, 4) is 0 Å². The van der Waals surface area contributed by atoms with Gasteiger partial charge in [0.1, 0.15) is 30.0 Å². The zero-order valence-electron chi connectivity index (χ0n) is 16.2. The van der Waals surface area contributed by atoms with Gasteiger partial charge in [-0.25, -0.2) is 0 Å². The molecule has 0 unspecified atom stereocenters. The van der Waals surface area contributed by atoms with E-state index in [0.29, 0.717) is 5.57 Å². The summed E-state index contributed by atoms with van der Waals surface area (Å²) in [5, 5.41) is 59.8. The predicted molar refractivity (Wildman–Crippen MR) is 97.0 cm³/mol. The maximum absolute atomic E-state index is 11.8. The third kappa shape index (κ3) is 4.22. The fraction of sp³-hybridized carbons (Fsp3) is 0.737. The summed E-state index contributed by atoms with van der Waals surface area (Å²) in [6.07, 6.45) is -3.44. The van der Waals surface area contributed by atoms with Crippen molar-refractivity contribution in [1.82, 2.24) is 0 Å². The highest BCUT2D eigenvalue weighted by atomic mass is 16.7. The predicted octanol–water partition coefficient (Wildman–Crippen LogP) is -1.60. The molecule has 0 radical (unpaired) electrons. The molecule has 0 aromatic heterocycles. The second-order valence-corrected chi connectivity index (χ2v) is 7.85. The smallest absolute Gasteiger partial charge is 0.187 e. The summed E-state index contributed by atoms with van der Waals surface area (Å²) in [6, 6.07) is 0. The van der Waals surface area contributed by atoms with Gasteiger partial charge in [-0.3, -0.25) is 4.79 Å². The van der Waals surface area contributed by atoms with Crippen molar-refractivity contribution in [1.29, 1.82) is 0 Å². The maximum Gasteiger partial charge on any atom is 0.187 e. The summed E-state index contributed by atoms with van der Waals surface area (Å²) in [6.45, 7) is 3.83. The number of carbonyl (C=O) groups excluding carboxylic acids is 1. The Kier molecular flexibility index (Phi) is 7.17. The summed E-state index contributed by atoms with van der Waals surface area (Å²) >= 11 is 0. The first kappa shape index (κ1) is 23.1. The van der Waals surface area contributed by atoms with Crippen LogP contribution in [0.3, 0.4) is 0 Å². The van der Waals surface area contributed by atoms with E-state index >= 15 is 0 Å². The van der Waals surface area contributed by atoms with E-state index in [1.807, 2.05) is 0 Å². The molecule has 1 aliphatic carbocycles. The Labute approximate surface area is 163 Å². The number of hydrogen-bond donors (Lipinski definition) is 6. The van der Waals surface area contributed by atoms with E-state index in [2.05, 4.69) is 0 Å². The summed E-state index contributed by atoms with van der Waals surface area (Å²) in [4.78, 5) is 11.8. The summed E-state index contributed by atoms with van der Waals surface area (Å²) in [5.41, 5.74) is -2.30. The van der Waals surface area contributed by atoms with Crippen LogP contribution in [0.15, 0.2) is 23.8 Å². The van der Waals surface area contributed by atoms with Crippen molar-refractivity contribution in [2.24, 2.45) is 5.41 Å². The van der Waals surface area contributed by atoms with E-state index < -0.39 is 61.0 Å². The highest BCUT2D eigenvalue weighted by molar-refractivity contribution is 5.92. The van der Waals surface area contributed by atoms with Gasteiger partial charge in [0.15, 0.2) is 12.1 Å². The topological polar surface area (TPSA) is 157 Å². The molecule has 2 rings (SSSR count). The average molecular weight is 402 g/mol. The molecular formula is C19H30O9. The minimum atomic E-state index is -1.58. The molecule has 0 saturated carbocycles. The summed E-state index contributed by atoms with van der Waals surface area (Å²) < 4.78 is 10.8. The number of ether oxygens (including phenoxy) is 2. The Morgan fingerprint density at radius 1 is 1.29 bits per heavy atom. The lowest BCUT2D eigenvalue weighted by molar-refractivity contribution is -0.306. The maximum atomic E-state index is 11.8. The number of hydrogen-bond acceptors (Lipinski definition) is 9. The third-order valence-electron chi connectivity index (χ3n) is 5.62. The molecule has 2 aliphatic rings. The fourth-order valence-corrected chi connectivity index (χ4v) is 3.62. The molecule has 6 N–H and O–H groups in total. The van der Waals surface area contributed by atoms with Crippen molar-refractivity contribution in [3.63, 3.8) is 0 Å². The highest BCUT2D eigenvalue weighted by Gasteiger charge is 2.50. The van der Waals surface area contributed by atoms with Crippen LogP contribution in [-0.4, -0.2) is 92.0 Å². The molecule has 9 nitrogen and oxygen atoms in total. The van der Waals surface area contributed by atoms with E-state index in [-0.39, 0.29) is 12.2 Å². The Bertz CT molecular complexity index is 631. The van der Waals surface area contributed by atoms with Gasteiger partial charge in [-0.05, 0) is 31.6 Å². The molecule has 160 valence electrons. The van der Waals surface area contributed by atoms with Crippen molar-refractivity contribution in [3.05, 3.63) is 23.8 Å². The van der Waals surface area contributed by atoms with E-state index in [1.54, 1.807) is 20.8 Å². The number of allylic oxidation sites excluding steroid dienone is 1. The van der Waals surface area contributed by atoms with E-state index in [9.17, 15) is 35.4 Å². The van der Waals surface area contributed by atoms with Gasteiger partial charge < -0.3 is 40.1 Å². The van der Waals surface area contributed by atoms with Crippen LogP contribution >= 0.6 is 0 Å². The minimum Gasteiger partial charge on any atom is -0.396 e. The van der Waals surface area contributed by atoms with Gasteiger partial charge in [0.05, 0.1) is 19.3 Å². The number of aliphatic hydroxyl groups is 6. The standard InChI is InChI=1S/C19H30O9/c1-10-6-12(22)7-18(3,9-21)19(10,26)5-4-11(2)27-17-16(25)15(24)14(23)13(8-20)28-17/h4-6,11,13-17,20-21,23-26H,7-9H2,1-3H3/b5-4+/t11-,13-,14-,15+,16-,17-,18+,19-/m1/s1. The molecule has 0 bridgehead atoms. The zero-order chi connectivity index (χ0) is 21.3. The lowest BCUT2D eigenvalue weighted by atomic mass is 9.64. The molecule has 1 saturated heterocycles. The van der Waals surface area contributed by atoms with Crippen LogP contribution in [0, 0.1) is 5.41 Å². The van der Waals surface area contributed by atoms with E-state index in [4.69, 9.17) is 9.47 Å². The lowest BCUT2D eigenvalue weighted by Gasteiger charge is -2.45. The molecule has 0 aromatic rings. The average Bonchev–Trinajstić information content (AvgIpc) is 2.65. The van der Waals surface area contributed by atoms with Crippen LogP contribution in [0.1, 0.15) is 27.2 Å². The van der Waals surface area contributed by atoms with Crippen molar-refractivity contribution in [2.75, 3.05) is 13.2 Å². The Morgan fingerprint density at radius 3 is 2.50 bits per heavy atom. The van der Waals surface area contributed by atoms with Gasteiger partial charge in [0.25, 0.3) is 0 Å². The van der Waals surface area contributed by atoms with E-state index in [0.717, 1.165) is 0 Å². The molecule has 8 atom stereocenters. The first-order valence-corrected chi connectivity index (χ1v) is 9.19. The Morgan fingerprint density at radius 2 is 1.93 bits per heavy atom. The zero-order valence-corrected chi connectivity index (χ0v) is 16.2. The fourth-order valence-electron chi connectivity index (χ4n) is 3.62. The third-order valence-corrected chi connectivity index (χ3v) is 5.62. The molecule has 1 heterocycles. The van der Waals surface area contributed by atoms with Gasteiger partial charge in [-0.2, -0.15) is 0 Å². The van der Waals surface area contributed by atoms with Crippen molar-refractivity contribution >= 4 is 5.78 Å². The lowest BCUT2D eigenvalue weighted by Crippen LogP contribution is -2.59. The van der Waals surface area contributed by atoms with Crippen LogP contribution in [0.5, 0.6) is 0 Å². The molecule has 1 aliphatic heterocycles. The first-order chi connectivity index (χ1) is 13.0. The second-order valence-electron chi connectivity index (χ2n) is 7.85. The number of carbonyl (C=O) groups is 1. The normalized spacial score (nSPS) is 43.2. The Hall–Kier alpha value is -1.17. The second kappa shape index (κ2) is 8.68. The van der Waals surface area contributed by atoms with Crippen LogP contribution < -0.4 is 0 Å². The molecule has 1 fully saturated rings. The number of aliphatic hydroxyl groups excluding tert-OH is 5. The van der Waals surface area contributed by atoms with Crippen molar-refractivity contribution < 1.29 is 44.9 Å². The van der Waals surface area contributed by atoms with Gasteiger partial charge >= 0.3 is 0 Å². The monoisotopic (exact) mass is 402 g/mol. The minimum absolute atomic E-state index is 0.0242. The quantitative estimate of drug-likeness (QED) is 0.288. The van der Waals surface area contributed by atoms with E-state index in [1.165, 1.54) is 18.2 Å². The van der Waals surface area contributed by atoms with Gasteiger partial charge in [0.2, 0.25) is 0 Å². The summed E-state index contributed by atoms with van der Waals surface area (Å²) in [5.74, 6) is -0.183. The first-order valence-electron chi connectivity index (χ1n) is 9.19. The molecule has 28 heavy (non-hydrogen) atoms. The number of ketones is 1. The largest absolute Gasteiger partial charge is 0.396 e. The van der Waals surface area contributed by atoms with Gasteiger partial charge in [-0.1, -0.05) is 13.0 Å². The molecule has 0 spiro atoms. The molecule has 0 aromatic carbocycles. The van der Waals surface area contributed by atoms with Gasteiger partial charge in [0, 0.05) is 11.8 Å². The molecule has 0 amide bonds. The van der Waals surface area contributed by atoms with Crippen molar-refractivity contribution in [2.45, 2.75) is 69.6 Å². The van der Waals surface area contributed by atoms with Crippen LogP contribution in [-0.2, 0) is 14.3 Å². The van der Waals surface area contributed by atoms with Crippen LogP contribution in [0.25, 0.3) is 0 Å². The summed E-state index contributed by atoms with van der Waals surface area (Å²) in [7, 11) is 0. The molecule has 9 heteroatoms. The Balaban J connectivity index is 2.15. The van der Waals surface area contributed by atoms with Crippen LogP contribution in [0.2, 0.25) is 0 Å². The van der Waals surface area contributed by atoms with Crippen LogP contribution in [0.4, 0.5) is 0 Å². The highest BCUT2D eigenvalue weighted by Crippen LogP contribution is 2.44. The SMILES string of the molecule is CC1=CC(=O)C[C@@](C)(CO)[C@@]1(O)/C=C/[C@@H](C)O[C@@H]1O[C@H](CO)[C@@H](O)[C@H](O)[C@H]1O.